The first kappa shape index (κ1) is 28.3. The molecule has 0 N–H and O–H groups in total. The smallest absolute Gasteiger partial charge is 0.0462 e. The molecular weight excluding hydrogens is 567 g/mol. The molecule has 8 aromatic carbocycles. The van der Waals surface area contributed by atoms with Gasteiger partial charge in [0.15, 0.2) is 0 Å². The van der Waals surface area contributed by atoms with Crippen LogP contribution in [0.15, 0.2) is 200 Å². The number of nitrogens with zero attached hydrogens (tertiary/aromatic N) is 1. The van der Waals surface area contributed by atoms with Crippen LogP contribution in [0.5, 0.6) is 0 Å². The predicted molar refractivity (Wildman–Crippen MR) is 200 cm³/mol. The van der Waals surface area contributed by atoms with Crippen LogP contribution in [0.4, 0.5) is 17.1 Å². The Morgan fingerprint density at radius 2 is 0.553 bits per heavy atom. The first-order valence-electron chi connectivity index (χ1n) is 16.1. The highest BCUT2D eigenvalue weighted by Gasteiger charge is 2.13. The first-order chi connectivity index (χ1) is 23.3. The summed E-state index contributed by atoms with van der Waals surface area (Å²) in [4.78, 5) is 2.32. The van der Waals surface area contributed by atoms with E-state index in [-0.39, 0.29) is 0 Å². The van der Waals surface area contributed by atoms with E-state index in [9.17, 15) is 0 Å². The minimum atomic E-state index is 1.12. The van der Waals surface area contributed by atoms with Gasteiger partial charge in [-0.2, -0.15) is 0 Å². The van der Waals surface area contributed by atoms with Crippen LogP contribution in [0.2, 0.25) is 0 Å². The molecular formula is C46H33N. The van der Waals surface area contributed by atoms with Gasteiger partial charge in [-0.1, -0.05) is 146 Å². The van der Waals surface area contributed by atoms with Crippen LogP contribution < -0.4 is 4.90 Å². The molecule has 8 aromatic rings. The Bertz CT molecular complexity index is 2250. The van der Waals surface area contributed by atoms with Crippen LogP contribution in [0.1, 0.15) is 0 Å². The van der Waals surface area contributed by atoms with Gasteiger partial charge in [-0.3, -0.25) is 0 Å². The molecule has 47 heavy (non-hydrogen) atoms. The zero-order valence-corrected chi connectivity index (χ0v) is 26.0. The van der Waals surface area contributed by atoms with E-state index < -0.39 is 0 Å². The quantitative estimate of drug-likeness (QED) is 0.176. The molecule has 0 bridgehead atoms. The fourth-order valence-corrected chi connectivity index (χ4v) is 6.38. The van der Waals surface area contributed by atoms with E-state index in [1.807, 2.05) is 0 Å². The summed E-state index contributed by atoms with van der Waals surface area (Å²) in [5.41, 5.74) is 13.1. The molecule has 0 aliphatic rings. The fraction of sp³-hybridized carbons (Fsp3) is 0. The zero-order valence-electron chi connectivity index (χ0n) is 26.0. The number of para-hydroxylation sites is 1. The van der Waals surface area contributed by atoms with Crippen molar-refractivity contribution < 1.29 is 0 Å². The fourth-order valence-electron chi connectivity index (χ4n) is 6.38. The van der Waals surface area contributed by atoms with Crippen LogP contribution in [-0.2, 0) is 0 Å². The molecule has 0 aliphatic heterocycles. The molecule has 0 aromatic heterocycles. The average Bonchev–Trinajstić information content (AvgIpc) is 3.16. The number of hydrogen-bond acceptors (Lipinski definition) is 1. The zero-order chi connectivity index (χ0) is 31.4. The Morgan fingerprint density at radius 3 is 1.02 bits per heavy atom. The Balaban J connectivity index is 1.10. The van der Waals surface area contributed by atoms with Crippen molar-refractivity contribution in [1.82, 2.24) is 0 Å². The Labute approximate surface area is 276 Å². The Kier molecular flexibility index (Phi) is 7.63. The van der Waals surface area contributed by atoms with Crippen molar-refractivity contribution in [2.24, 2.45) is 0 Å². The highest BCUT2D eigenvalue weighted by molar-refractivity contribution is 5.91. The van der Waals surface area contributed by atoms with Gasteiger partial charge in [0.05, 0.1) is 0 Å². The maximum absolute atomic E-state index is 2.32. The maximum Gasteiger partial charge on any atom is 0.0462 e. The minimum Gasteiger partial charge on any atom is -0.311 e. The van der Waals surface area contributed by atoms with Gasteiger partial charge >= 0.3 is 0 Å². The summed E-state index contributed by atoms with van der Waals surface area (Å²) < 4.78 is 0. The number of anilines is 3. The lowest BCUT2D eigenvalue weighted by atomic mass is 9.97. The molecule has 8 rings (SSSR count). The highest BCUT2D eigenvalue weighted by atomic mass is 15.1. The second kappa shape index (κ2) is 12.7. The standard InChI is InChI=1S/C46H33N/c1-4-11-34(12-5-1)39-15-10-16-40(31-39)36-23-27-45(28-24-36)47(44-17-8-3-9-18-44)46-29-25-37(26-30-46)42-22-20-38-19-21-41(32-43(38)33-42)35-13-6-2-7-14-35/h1-33H. The molecule has 222 valence electrons. The van der Waals surface area contributed by atoms with Gasteiger partial charge in [-0.05, 0) is 110 Å². The second-order valence-electron chi connectivity index (χ2n) is 11.9. The van der Waals surface area contributed by atoms with Gasteiger partial charge in [-0.25, -0.2) is 0 Å². The Morgan fingerprint density at radius 1 is 0.213 bits per heavy atom. The lowest BCUT2D eigenvalue weighted by molar-refractivity contribution is 1.28. The van der Waals surface area contributed by atoms with Crippen molar-refractivity contribution >= 4 is 27.8 Å². The molecule has 0 aliphatic carbocycles. The van der Waals surface area contributed by atoms with Gasteiger partial charge in [-0.15, -0.1) is 0 Å². The van der Waals surface area contributed by atoms with Crippen LogP contribution in [0.25, 0.3) is 55.3 Å². The average molecular weight is 600 g/mol. The Hall–Kier alpha value is -6.18. The largest absolute Gasteiger partial charge is 0.311 e. The van der Waals surface area contributed by atoms with Gasteiger partial charge < -0.3 is 4.90 Å². The summed E-state index contributed by atoms with van der Waals surface area (Å²) in [5.74, 6) is 0. The van der Waals surface area contributed by atoms with Crippen LogP contribution in [0, 0.1) is 0 Å². The summed E-state index contributed by atoms with van der Waals surface area (Å²) in [7, 11) is 0. The third kappa shape index (κ3) is 5.95. The van der Waals surface area contributed by atoms with Crippen molar-refractivity contribution in [2.75, 3.05) is 4.90 Å². The molecule has 0 radical (unpaired) electrons. The van der Waals surface area contributed by atoms with E-state index in [1.165, 1.54) is 55.3 Å². The van der Waals surface area contributed by atoms with E-state index in [2.05, 4.69) is 205 Å². The van der Waals surface area contributed by atoms with Crippen LogP contribution in [0.3, 0.4) is 0 Å². The third-order valence-electron chi connectivity index (χ3n) is 8.85. The van der Waals surface area contributed by atoms with Crippen LogP contribution in [-0.4, -0.2) is 0 Å². The molecule has 0 unspecified atom stereocenters. The molecule has 0 saturated carbocycles. The normalized spacial score (nSPS) is 11.0. The van der Waals surface area contributed by atoms with Crippen molar-refractivity contribution in [3.05, 3.63) is 200 Å². The SMILES string of the molecule is c1ccc(-c2cccc(-c3ccc(N(c4ccccc4)c4ccc(-c5ccc6ccc(-c7ccccc7)cc6c5)cc4)cc3)c2)cc1. The number of hydrogen-bond donors (Lipinski definition) is 0. The topological polar surface area (TPSA) is 3.24 Å². The minimum absolute atomic E-state index is 1.12. The van der Waals surface area contributed by atoms with Crippen molar-refractivity contribution in [3.63, 3.8) is 0 Å². The third-order valence-corrected chi connectivity index (χ3v) is 8.85. The van der Waals surface area contributed by atoms with Crippen LogP contribution >= 0.6 is 0 Å². The second-order valence-corrected chi connectivity index (χ2v) is 11.9. The van der Waals surface area contributed by atoms with Gasteiger partial charge in [0.1, 0.15) is 0 Å². The number of fused-ring (bicyclic) bond motifs is 1. The first-order valence-corrected chi connectivity index (χ1v) is 16.1. The molecule has 0 fully saturated rings. The highest BCUT2D eigenvalue weighted by Crippen LogP contribution is 2.37. The molecule has 0 saturated heterocycles. The summed E-state index contributed by atoms with van der Waals surface area (Å²) in [6.45, 7) is 0. The van der Waals surface area contributed by atoms with Gasteiger partial charge in [0.25, 0.3) is 0 Å². The number of rotatable bonds is 7. The lowest BCUT2D eigenvalue weighted by Gasteiger charge is -2.26. The van der Waals surface area contributed by atoms with Gasteiger partial charge in [0.2, 0.25) is 0 Å². The maximum atomic E-state index is 2.32. The van der Waals surface area contributed by atoms with E-state index in [0.717, 1.165) is 17.1 Å². The van der Waals surface area contributed by atoms with Crippen molar-refractivity contribution in [3.8, 4) is 44.5 Å². The number of benzene rings is 8. The van der Waals surface area contributed by atoms with E-state index in [0.29, 0.717) is 0 Å². The summed E-state index contributed by atoms with van der Waals surface area (Å²) in [6.07, 6.45) is 0. The molecule has 0 heterocycles. The lowest BCUT2D eigenvalue weighted by Crippen LogP contribution is -2.09. The van der Waals surface area contributed by atoms with E-state index in [1.54, 1.807) is 0 Å². The summed E-state index contributed by atoms with van der Waals surface area (Å²) in [6, 6.07) is 71.8. The monoisotopic (exact) mass is 599 g/mol. The molecule has 0 amide bonds. The molecule has 0 spiro atoms. The molecule has 1 nitrogen and oxygen atoms in total. The molecule has 0 atom stereocenters. The van der Waals surface area contributed by atoms with Crippen molar-refractivity contribution in [1.29, 1.82) is 0 Å². The molecule has 1 heteroatoms. The van der Waals surface area contributed by atoms with Crippen molar-refractivity contribution in [2.45, 2.75) is 0 Å². The predicted octanol–water partition coefficient (Wildman–Crippen LogP) is 13.0. The summed E-state index contributed by atoms with van der Waals surface area (Å²) >= 11 is 0. The van der Waals surface area contributed by atoms with Gasteiger partial charge in [0, 0.05) is 17.1 Å². The van der Waals surface area contributed by atoms with E-state index >= 15 is 0 Å². The summed E-state index contributed by atoms with van der Waals surface area (Å²) in [5, 5.41) is 2.49. The van der Waals surface area contributed by atoms with E-state index in [4.69, 9.17) is 0 Å².